The van der Waals surface area contributed by atoms with Crippen molar-refractivity contribution in [1.29, 1.82) is 0 Å². The average molecular weight is 385 g/mol. The van der Waals surface area contributed by atoms with Crippen molar-refractivity contribution >= 4 is 18.3 Å². The van der Waals surface area contributed by atoms with Gasteiger partial charge >= 0.3 is 0 Å². The van der Waals surface area contributed by atoms with Gasteiger partial charge in [0.25, 0.3) is 0 Å². The normalized spacial score (nSPS) is 46.2. The minimum Gasteiger partial charge on any atom is -0.378 e. The van der Waals surface area contributed by atoms with Gasteiger partial charge in [0.15, 0.2) is 0 Å². The summed E-state index contributed by atoms with van der Waals surface area (Å²) in [6.07, 6.45) is 8.95. The highest BCUT2D eigenvalue weighted by molar-refractivity contribution is 5.89. The van der Waals surface area contributed by atoms with Gasteiger partial charge in [-0.2, -0.15) is 0 Å². The Kier molecular flexibility index (Phi) is 5.21. The van der Waals surface area contributed by atoms with Crippen LogP contribution in [-0.2, 0) is 9.53 Å². The standard InChI is InChI=1S/C21H36N2O2.ClH/c1-5-25-17-12-21(22,19(17,3)4)18(24)23-13(2)20-9-14-6-15(10-20)8-16(7-14)11-20;/h13-17H,5-12,22H2,1-4H3,(H,23,24);1H. The van der Waals surface area contributed by atoms with Crippen LogP contribution in [0.25, 0.3) is 0 Å². The molecule has 5 aliphatic rings. The van der Waals surface area contributed by atoms with E-state index in [4.69, 9.17) is 10.5 Å². The van der Waals surface area contributed by atoms with Crippen molar-refractivity contribution < 1.29 is 9.53 Å². The minimum atomic E-state index is -0.802. The van der Waals surface area contributed by atoms with Gasteiger partial charge in [0.05, 0.1) is 6.10 Å². The van der Waals surface area contributed by atoms with Crippen molar-refractivity contribution in [2.24, 2.45) is 34.3 Å². The third-order valence-corrected chi connectivity index (χ3v) is 8.59. The molecule has 3 N–H and O–H groups in total. The molecule has 3 unspecified atom stereocenters. The lowest BCUT2D eigenvalue weighted by Gasteiger charge is -2.60. The van der Waals surface area contributed by atoms with Gasteiger partial charge in [-0.05, 0) is 75.5 Å². The summed E-state index contributed by atoms with van der Waals surface area (Å²) in [6.45, 7) is 9.06. The monoisotopic (exact) mass is 384 g/mol. The summed E-state index contributed by atoms with van der Waals surface area (Å²) in [5.74, 6) is 2.75. The van der Waals surface area contributed by atoms with Gasteiger partial charge in [0.1, 0.15) is 5.54 Å². The van der Waals surface area contributed by atoms with Crippen LogP contribution in [0.1, 0.15) is 72.6 Å². The second kappa shape index (κ2) is 6.63. The van der Waals surface area contributed by atoms with Crippen LogP contribution in [0.15, 0.2) is 0 Å². The zero-order valence-electron chi connectivity index (χ0n) is 16.8. The molecule has 4 nitrogen and oxygen atoms in total. The first-order valence-corrected chi connectivity index (χ1v) is 10.4. The van der Waals surface area contributed by atoms with Crippen LogP contribution in [-0.4, -0.2) is 30.2 Å². The summed E-state index contributed by atoms with van der Waals surface area (Å²) in [7, 11) is 0. The van der Waals surface area contributed by atoms with Gasteiger partial charge in [0.2, 0.25) is 5.91 Å². The Hall–Kier alpha value is -0.320. The average Bonchev–Trinajstić information content (AvgIpc) is 2.53. The lowest BCUT2D eigenvalue weighted by Crippen LogP contribution is -2.76. The molecular weight excluding hydrogens is 348 g/mol. The van der Waals surface area contributed by atoms with E-state index in [2.05, 4.69) is 26.1 Å². The molecule has 0 aromatic rings. The lowest BCUT2D eigenvalue weighted by atomic mass is 9.47. The predicted molar refractivity (Wildman–Crippen MR) is 106 cm³/mol. The number of halogens is 1. The molecule has 0 saturated heterocycles. The molecule has 5 heteroatoms. The second-order valence-electron chi connectivity index (χ2n) is 10.3. The maximum absolute atomic E-state index is 13.1. The smallest absolute Gasteiger partial charge is 0.241 e. The molecule has 0 aliphatic heterocycles. The molecule has 5 rings (SSSR count). The van der Waals surface area contributed by atoms with Crippen LogP contribution >= 0.6 is 12.4 Å². The number of nitrogens with two attached hydrogens (primary N) is 1. The van der Waals surface area contributed by atoms with E-state index in [9.17, 15) is 4.79 Å². The van der Waals surface area contributed by atoms with Gasteiger partial charge in [-0.3, -0.25) is 4.79 Å². The fraction of sp³-hybridized carbons (Fsp3) is 0.952. The van der Waals surface area contributed by atoms with Gasteiger partial charge in [-0.15, -0.1) is 12.4 Å². The van der Waals surface area contributed by atoms with Crippen LogP contribution in [0.3, 0.4) is 0 Å². The molecule has 150 valence electrons. The molecule has 3 atom stereocenters. The molecule has 0 aromatic heterocycles. The van der Waals surface area contributed by atoms with E-state index in [1.54, 1.807) is 0 Å². The molecule has 5 saturated carbocycles. The van der Waals surface area contributed by atoms with Gasteiger partial charge in [0, 0.05) is 24.5 Å². The molecule has 0 radical (unpaired) electrons. The Balaban J connectivity index is 0.00000196. The molecule has 5 aliphatic carbocycles. The van der Waals surface area contributed by atoms with E-state index in [1.165, 1.54) is 38.5 Å². The first-order chi connectivity index (χ1) is 11.7. The first kappa shape index (κ1) is 20.4. The predicted octanol–water partition coefficient (Wildman–Crippen LogP) is 3.66. The molecule has 0 spiro atoms. The fourth-order valence-electron chi connectivity index (χ4n) is 7.01. The van der Waals surface area contributed by atoms with E-state index in [0.29, 0.717) is 18.4 Å². The highest BCUT2D eigenvalue weighted by Gasteiger charge is 2.63. The molecule has 5 fully saturated rings. The first-order valence-electron chi connectivity index (χ1n) is 10.4. The van der Waals surface area contributed by atoms with Crippen molar-refractivity contribution in [3.63, 3.8) is 0 Å². The molecule has 0 heterocycles. The third kappa shape index (κ3) is 2.82. The van der Waals surface area contributed by atoms with E-state index >= 15 is 0 Å². The number of ether oxygens (including phenoxy) is 1. The summed E-state index contributed by atoms with van der Waals surface area (Å²) < 4.78 is 5.78. The fourth-order valence-corrected chi connectivity index (χ4v) is 7.01. The summed E-state index contributed by atoms with van der Waals surface area (Å²) in [5.41, 5.74) is 5.81. The zero-order valence-corrected chi connectivity index (χ0v) is 17.7. The summed E-state index contributed by atoms with van der Waals surface area (Å²) in [6, 6.07) is 0.232. The Morgan fingerprint density at radius 3 is 2.04 bits per heavy atom. The summed E-state index contributed by atoms with van der Waals surface area (Å²) >= 11 is 0. The zero-order chi connectivity index (χ0) is 18.0. The van der Waals surface area contributed by atoms with E-state index in [-0.39, 0.29) is 35.9 Å². The summed E-state index contributed by atoms with van der Waals surface area (Å²) in [5, 5.41) is 3.38. The Morgan fingerprint density at radius 2 is 1.62 bits per heavy atom. The SMILES string of the molecule is CCOC1CC(N)(C(=O)NC(C)C23CC4CC(CC(C4)C2)C3)C1(C)C.Cl. The number of hydrogen-bond donors (Lipinski definition) is 2. The molecule has 1 amide bonds. The Morgan fingerprint density at radius 1 is 1.12 bits per heavy atom. The van der Waals surface area contributed by atoms with Crippen molar-refractivity contribution in [3.8, 4) is 0 Å². The van der Waals surface area contributed by atoms with E-state index < -0.39 is 5.54 Å². The Labute approximate surface area is 164 Å². The van der Waals surface area contributed by atoms with Gasteiger partial charge in [-0.25, -0.2) is 0 Å². The number of carbonyl (C=O) groups excluding carboxylic acids is 1. The topological polar surface area (TPSA) is 64.3 Å². The summed E-state index contributed by atoms with van der Waals surface area (Å²) in [4.78, 5) is 13.1. The second-order valence-corrected chi connectivity index (χ2v) is 10.3. The van der Waals surface area contributed by atoms with Gasteiger partial charge < -0.3 is 15.8 Å². The number of carbonyl (C=O) groups is 1. The largest absolute Gasteiger partial charge is 0.378 e. The molecular formula is C21H37ClN2O2. The maximum atomic E-state index is 13.1. The number of amides is 1. The number of rotatable bonds is 5. The molecule has 26 heavy (non-hydrogen) atoms. The van der Waals surface area contributed by atoms with Crippen molar-refractivity contribution in [2.75, 3.05) is 6.61 Å². The highest BCUT2D eigenvalue weighted by atomic mass is 35.5. The van der Waals surface area contributed by atoms with Crippen molar-refractivity contribution in [3.05, 3.63) is 0 Å². The van der Waals surface area contributed by atoms with Gasteiger partial charge in [-0.1, -0.05) is 13.8 Å². The van der Waals surface area contributed by atoms with Crippen molar-refractivity contribution in [2.45, 2.75) is 90.3 Å². The van der Waals surface area contributed by atoms with Crippen LogP contribution in [0.2, 0.25) is 0 Å². The van der Waals surface area contributed by atoms with Crippen LogP contribution in [0, 0.1) is 28.6 Å². The number of nitrogens with one attached hydrogen (secondary N) is 1. The maximum Gasteiger partial charge on any atom is 0.241 e. The minimum absolute atomic E-state index is 0. The van der Waals surface area contributed by atoms with E-state index in [1.807, 2.05) is 6.92 Å². The quantitative estimate of drug-likeness (QED) is 0.760. The highest BCUT2D eigenvalue weighted by Crippen LogP contribution is 2.61. The third-order valence-electron chi connectivity index (χ3n) is 8.59. The molecule has 0 aromatic carbocycles. The van der Waals surface area contributed by atoms with E-state index in [0.717, 1.165) is 17.8 Å². The van der Waals surface area contributed by atoms with Crippen molar-refractivity contribution in [1.82, 2.24) is 5.32 Å². The van der Waals surface area contributed by atoms with Crippen LogP contribution in [0.4, 0.5) is 0 Å². The molecule has 4 bridgehead atoms. The van der Waals surface area contributed by atoms with Crippen LogP contribution < -0.4 is 11.1 Å². The lowest BCUT2D eigenvalue weighted by molar-refractivity contribution is -0.173. The van der Waals surface area contributed by atoms with Crippen LogP contribution in [0.5, 0.6) is 0 Å². The number of hydrogen-bond acceptors (Lipinski definition) is 3. The Bertz CT molecular complexity index is 529.